The monoisotopic (exact) mass is 612 g/mol. The molecule has 10 nitrogen and oxygen atoms in total. The van der Waals surface area contributed by atoms with Crippen molar-refractivity contribution in [3.63, 3.8) is 0 Å². The summed E-state index contributed by atoms with van der Waals surface area (Å²) in [6, 6.07) is 3.50. The van der Waals surface area contributed by atoms with Crippen LogP contribution < -0.4 is 10.2 Å². The number of nitrogens with zero attached hydrogens (tertiary/aromatic N) is 5. The Hall–Kier alpha value is -4.46. The molecule has 0 aliphatic carbocycles. The third-order valence-corrected chi connectivity index (χ3v) is 8.49. The zero-order valence-electron chi connectivity index (χ0n) is 23.4. The van der Waals surface area contributed by atoms with Crippen LogP contribution in [0.3, 0.4) is 0 Å². The van der Waals surface area contributed by atoms with E-state index in [4.69, 9.17) is 4.74 Å². The number of carboxylic acid groups (broad SMARTS) is 1. The second-order valence-corrected chi connectivity index (χ2v) is 12.5. The molecule has 2 aromatic carbocycles. The quantitative estimate of drug-likeness (QED) is 0.246. The first-order valence-electron chi connectivity index (χ1n) is 13.5. The molecule has 2 saturated heterocycles. The molecule has 0 spiro atoms. The van der Waals surface area contributed by atoms with Gasteiger partial charge in [0.2, 0.25) is 0 Å². The number of benzene rings is 2. The maximum absolute atomic E-state index is 16.5. The minimum Gasteiger partial charge on any atom is -0.465 e. The Bertz CT molecular complexity index is 1810. The van der Waals surface area contributed by atoms with E-state index in [1.54, 1.807) is 31.7 Å². The highest BCUT2D eigenvalue weighted by atomic mass is 32.1. The van der Waals surface area contributed by atoms with Gasteiger partial charge in [-0.25, -0.2) is 23.4 Å². The Morgan fingerprint density at radius 3 is 2.44 bits per heavy atom. The zero-order chi connectivity index (χ0) is 30.8. The lowest BCUT2D eigenvalue weighted by Gasteiger charge is -2.40. The van der Waals surface area contributed by atoms with Crippen molar-refractivity contribution in [1.82, 2.24) is 19.9 Å². The number of hydrogen-bond donors (Lipinski definition) is 2. The van der Waals surface area contributed by atoms with Gasteiger partial charge in [-0.1, -0.05) is 24.0 Å². The predicted octanol–water partition coefficient (Wildman–Crippen LogP) is 6.64. The van der Waals surface area contributed by atoms with Crippen LogP contribution in [-0.4, -0.2) is 67.9 Å². The number of aromatic nitrogens is 3. The number of carbonyl (C=O) groups is 2. The lowest BCUT2D eigenvalue weighted by molar-refractivity contribution is 0.0635. The Kier molecular flexibility index (Phi) is 6.91. The van der Waals surface area contributed by atoms with E-state index in [0.717, 1.165) is 17.4 Å². The first kappa shape index (κ1) is 28.6. The van der Waals surface area contributed by atoms with E-state index in [-0.39, 0.29) is 68.4 Å². The second kappa shape index (κ2) is 10.4. The van der Waals surface area contributed by atoms with Crippen molar-refractivity contribution in [2.75, 3.05) is 23.3 Å². The van der Waals surface area contributed by atoms with Crippen molar-refractivity contribution in [2.24, 2.45) is 0 Å². The van der Waals surface area contributed by atoms with Crippen molar-refractivity contribution in [2.45, 2.75) is 51.3 Å². The van der Waals surface area contributed by atoms with Crippen LogP contribution in [0.15, 0.2) is 24.8 Å². The molecule has 224 valence electrons. The third-order valence-electron chi connectivity index (χ3n) is 7.51. The summed E-state index contributed by atoms with van der Waals surface area (Å²) < 4.78 is 51.6. The highest BCUT2D eigenvalue weighted by Crippen LogP contribution is 2.42. The van der Waals surface area contributed by atoms with Gasteiger partial charge in [0.1, 0.15) is 22.8 Å². The molecule has 2 aliphatic rings. The van der Waals surface area contributed by atoms with Crippen molar-refractivity contribution in [3.8, 4) is 11.1 Å². The van der Waals surface area contributed by atoms with E-state index in [2.05, 4.69) is 26.8 Å². The summed E-state index contributed by atoms with van der Waals surface area (Å²) in [6.07, 6.45) is -0.197. The fourth-order valence-corrected chi connectivity index (χ4v) is 6.77. The molecule has 2 unspecified atom stereocenters. The van der Waals surface area contributed by atoms with Gasteiger partial charge in [0.15, 0.2) is 10.9 Å². The molecule has 2 atom stereocenters. The third kappa shape index (κ3) is 5.09. The molecular formula is C29H27F3N6O4S. The summed E-state index contributed by atoms with van der Waals surface area (Å²) in [4.78, 5) is 39.4. The van der Waals surface area contributed by atoms with Crippen molar-refractivity contribution < 1.29 is 32.6 Å². The van der Waals surface area contributed by atoms with E-state index in [1.165, 1.54) is 17.0 Å². The molecule has 2 fully saturated rings. The Balaban J connectivity index is 1.46. The topological polar surface area (TPSA) is 121 Å². The lowest BCUT2D eigenvalue weighted by Crippen LogP contribution is -2.55. The number of ether oxygens (including phenoxy) is 1. The fraction of sp³-hybridized carbons (Fsp3) is 0.345. The van der Waals surface area contributed by atoms with E-state index < -0.39 is 35.5 Å². The van der Waals surface area contributed by atoms with E-state index in [9.17, 15) is 23.5 Å². The number of amides is 2. The average molecular weight is 613 g/mol. The number of thiazole rings is 1. The number of piperazine rings is 1. The predicted molar refractivity (Wildman–Crippen MR) is 157 cm³/mol. The molecule has 6 rings (SSSR count). The van der Waals surface area contributed by atoms with E-state index in [0.29, 0.717) is 18.4 Å². The number of nitrogens with one attached hydrogen (secondary N) is 1. The van der Waals surface area contributed by atoms with Gasteiger partial charge in [0, 0.05) is 29.6 Å². The molecule has 2 bridgehead atoms. The van der Waals surface area contributed by atoms with Gasteiger partial charge in [-0.05, 0) is 57.4 Å². The molecule has 2 amide bonds. The molecule has 0 radical (unpaired) electrons. The molecule has 2 N–H and O–H groups in total. The van der Waals surface area contributed by atoms with Gasteiger partial charge in [-0.3, -0.25) is 10.2 Å². The second-order valence-electron chi connectivity index (χ2n) is 11.5. The summed E-state index contributed by atoms with van der Waals surface area (Å²) in [5.74, 6) is -1.36. The normalized spacial score (nSPS) is 18.4. The van der Waals surface area contributed by atoms with Gasteiger partial charge in [-0.15, -0.1) is 0 Å². The SMILES string of the molecule is C=Cc1cc2c(N3CC4CCC(C3)N4C(=O)O)nc(F)nc2c(F)c1-c1ccc(F)c2sc(NC(=O)OC(C)(C)C)nc12. The number of carbonyl (C=O) groups excluding carboxylic acids is 1. The summed E-state index contributed by atoms with van der Waals surface area (Å²) in [5.41, 5.74) is -0.529. The summed E-state index contributed by atoms with van der Waals surface area (Å²) >= 11 is 0.858. The van der Waals surface area contributed by atoms with Crippen LogP contribution in [0.5, 0.6) is 0 Å². The zero-order valence-corrected chi connectivity index (χ0v) is 24.3. The van der Waals surface area contributed by atoms with Crippen molar-refractivity contribution in [3.05, 3.63) is 48.1 Å². The van der Waals surface area contributed by atoms with E-state index in [1.807, 2.05) is 0 Å². The van der Waals surface area contributed by atoms with Crippen LogP contribution in [0.1, 0.15) is 39.2 Å². The molecule has 14 heteroatoms. The molecule has 2 aliphatic heterocycles. The van der Waals surface area contributed by atoms with Gasteiger partial charge in [0.25, 0.3) is 0 Å². The summed E-state index contributed by atoms with van der Waals surface area (Å²) in [5, 5.41) is 12.4. The number of hydrogen-bond acceptors (Lipinski definition) is 8. The van der Waals surface area contributed by atoms with Crippen molar-refractivity contribution in [1.29, 1.82) is 0 Å². The van der Waals surface area contributed by atoms with Crippen LogP contribution >= 0.6 is 11.3 Å². The van der Waals surface area contributed by atoms with Crippen LogP contribution in [0.4, 0.5) is 33.7 Å². The molecule has 4 heterocycles. The van der Waals surface area contributed by atoms with Crippen LogP contribution in [0, 0.1) is 17.7 Å². The number of rotatable bonds is 4. The minimum atomic E-state index is -1.14. The van der Waals surface area contributed by atoms with Gasteiger partial charge in [-0.2, -0.15) is 14.4 Å². The number of anilines is 2. The van der Waals surface area contributed by atoms with Crippen LogP contribution in [-0.2, 0) is 4.74 Å². The summed E-state index contributed by atoms with van der Waals surface area (Å²) in [6.45, 7) is 9.46. The Morgan fingerprint density at radius 1 is 1.12 bits per heavy atom. The smallest absolute Gasteiger partial charge is 0.413 e. The maximum Gasteiger partial charge on any atom is 0.413 e. The van der Waals surface area contributed by atoms with Gasteiger partial charge < -0.3 is 14.7 Å². The minimum absolute atomic E-state index is 0.0264. The van der Waals surface area contributed by atoms with Crippen LogP contribution in [0.2, 0.25) is 0 Å². The van der Waals surface area contributed by atoms with E-state index >= 15 is 4.39 Å². The van der Waals surface area contributed by atoms with Gasteiger partial charge >= 0.3 is 18.3 Å². The van der Waals surface area contributed by atoms with Gasteiger partial charge in [0.05, 0.1) is 22.3 Å². The number of fused-ring (bicyclic) bond motifs is 4. The largest absolute Gasteiger partial charge is 0.465 e. The molecular weight excluding hydrogens is 585 g/mol. The first-order valence-corrected chi connectivity index (χ1v) is 14.3. The number of halogens is 3. The fourth-order valence-electron chi connectivity index (χ4n) is 5.89. The maximum atomic E-state index is 16.5. The lowest BCUT2D eigenvalue weighted by atomic mass is 9.95. The summed E-state index contributed by atoms with van der Waals surface area (Å²) in [7, 11) is 0. The van der Waals surface area contributed by atoms with Crippen LogP contribution in [0.25, 0.3) is 38.3 Å². The molecule has 4 aromatic rings. The standard InChI is InChI=1S/C29H27F3N6O4S/c1-5-13-10-17-21(33-25(32)35-24(17)37-11-14-6-7-15(12-37)38(14)28(40)41)20(31)19(13)16-8-9-18(30)23-22(16)34-26(43-23)36-27(39)42-29(2,3)4/h5,8-10,14-15H,1,6-7,11-12H2,2-4H3,(H,40,41)(H,34,36,39). The molecule has 0 saturated carbocycles. The average Bonchev–Trinajstić information content (AvgIpc) is 3.46. The first-order chi connectivity index (χ1) is 20.3. The highest BCUT2D eigenvalue weighted by molar-refractivity contribution is 7.22. The Morgan fingerprint density at radius 2 is 1.81 bits per heavy atom. The molecule has 2 aromatic heterocycles. The highest BCUT2D eigenvalue weighted by Gasteiger charge is 2.43. The molecule has 43 heavy (non-hydrogen) atoms. The van der Waals surface area contributed by atoms with Crippen molar-refractivity contribution >= 4 is 61.7 Å². The Labute approximate surface area is 247 Å².